The fraction of sp³-hybridized carbons (Fsp3) is 0.267. The maximum Gasteiger partial charge on any atom is 0.578 e. The van der Waals surface area contributed by atoms with E-state index in [1.54, 1.807) is 0 Å². The first-order valence-corrected chi connectivity index (χ1v) is 9.51. The van der Waals surface area contributed by atoms with Crippen LogP contribution in [-0.2, 0) is 22.1 Å². The number of alkyl halides is 6. The molecule has 1 aromatic heterocycles. The van der Waals surface area contributed by atoms with E-state index in [1.165, 1.54) is 13.0 Å². The molecule has 15 heteroatoms. The molecule has 2 rings (SSSR count). The maximum atomic E-state index is 13.1. The number of amides is 1. The molecular weight excluding hydrogens is 485 g/mol. The molecule has 0 bridgehead atoms. The van der Waals surface area contributed by atoms with E-state index >= 15 is 0 Å². The van der Waals surface area contributed by atoms with Crippen molar-refractivity contribution in [2.45, 2.75) is 29.9 Å². The minimum absolute atomic E-state index is 0.236. The molecule has 0 spiro atoms. The number of halogens is 8. The lowest BCUT2D eigenvalue weighted by atomic mass is 10.2. The Balaban J connectivity index is 2.86. The molecule has 0 fully saturated rings. The molecule has 1 heterocycles. The van der Waals surface area contributed by atoms with Crippen molar-refractivity contribution in [3.05, 3.63) is 33.4 Å². The van der Waals surface area contributed by atoms with Crippen LogP contribution in [0.25, 0.3) is 5.69 Å². The maximum absolute atomic E-state index is 13.1. The van der Waals surface area contributed by atoms with Crippen LogP contribution in [0.5, 0.6) is 0 Å². The number of hydrogen-bond acceptors (Lipinski definition) is 4. The number of rotatable bonds is 4. The zero-order chi connectivity index (χ0) is 23.0. The molecule has 1 N–H and O–H groups in total. The standard InChI is InChI=1S/C15H8Cl2F6N4O2S/c1-2-10(28)25-13-12(30(29)15(21,22)23)9(5-24)26-27(13)11-7(16)3-6(4-8(11)17)14(18,19)20/h3-4H,2H2,1H3,(H,25,28). The van der Waals surface area contributed by atoms with Crippen LogP contribution in [0, 0.1) is 11.3 Å². The molecule has 1 amide bonds. The number of nitriles is 1. The van der Waals surface area contributed by atoms with Gasteiger partial charge in [0.2, 0.25) is 16.5 Å². The molecule has 1 atom stereocenters. The van der Waals surface area contributed by atoms with Crippen molar-refractivity contribution >= 4 is 46.1 Å². The second-order valence-corrected chi connectivity index (χ2v) is 7.68. The van der Waals surface area contributed by atoms with Crippen LogP contribution >= 0.6 is 23.2 Å². The highest BCUT2D eigenvalue weighted by Crippen LogP contribution is 2.42. The monoisotopic (exact) mass is 492 g/mol. The van der Waals surface area contributed by atoms with E-state index in [0.29, 0.717) is 16.8 Å². The van der Waals surface area contributed by atoms with Gasteiger partial charge in [-0.2, -0.15) is 18.4 Å². The second-order valence-electron chi connectivity index (χ2n) is 5.45. The average Bonchev–Trinajstić information content (AvgIpc) is 2.96. The SMILES string of the molecule is CCC(=O)Nc1c([S+]([O-])C(F)(F)F)c(C#N)nn1-c1c(Cl)cc(C(F)(F)F)cc1Cl. The largest absolute Gasteiger partial charge is 0.604 e. The summed E-state index contributed by atoms with van der Waals surface area (Å²) >= 11 is 7.89. The average molecular weight is 493 g/mol. The van der Waals surface area contributed by atoms with E-state index in [2.05, 4.69) is 5.10 Å². The summed E-state index contributed by atoms with van der Waals surface area (Å²) in [4.78, 5) is 10.6. The first kappa shape index (κ1) is 24.1. The molecule has 30 heavy (non-hydrogen) atoms. The fourth-order valence-corrected chi connectivity index (χ4v) is 3.65. The van der Waals surface area contributed by atoms with Crippen LogP contribution in [-0.4, -0.2) is 25.7 Å². The van der Waals surface area contributed by atoms with Gasteiger partial charge in [0.05, 0.1) is 15.6 Å². The van der Waals surface area contributed by atoms with E-state index in [4.69, 9.17) is 28.5 Å². The van der Waals surface area contributed by atoms with Gasteiger partial charge in [-0.1, -0.05) is 30.1 Å². The highest BCUT2D eigenvalue weighted by molar-refractivity contribution is 7.92. The minimum atomic E-state index is -5.33. The molecule has 0 radical (unpaired) electrons. The summed E-state index contributed by atoms with van der Waals surface area (Å²) in [6, 6.07) is 2.17. The van der Waals surface area contributed by atoms with Gasteiger partial charge in [0, 0.05) is 6.42 Å². The van der Waals surface area contributed by atoms with Gasteiger partial charge in [-0.25, -0.2) is 4.68 Å². The van der Waals surface area contributed by atoms with E-state index in [0.717, 1.165) is 0 Å². The van der Waals surface area contributed by atoms with E-state index in [-0.39, 0.29) is 6.42 Å². The minimum Gasteiger partial charge on any atom is -0.604 e. The first-order chi connectivity index (χ1) is 13.7. The van der Waals surface area contributed by atoms with Gasteiger partial charge in [0.25, 0.3) is 0 Å². The fourth-order valence-electron chi connectivity index (χ4n) is 2.19. The lowest BCUT2D eigenvalue weighted by Crippen LogP contribution is -2.25. The van der Waals surface area contributed by atoms with Crippen molar-refractivity contribution < 1.29 is 35.7 Å². The number of nitrogens with one attached hydrogen (secondary N) is 1. The van der Waals surface area contributed by atoms with Crippen molar-refractivity contribution in [3.63, 3.8) is 0 Å². The molecule has 6 nitrogen and oxygen atoms in total. The highest BCUT2D eigenvalue weighted by Gasteiger charge is 2.51. The molecule has 0 aliphatic rings. The van der Waals surface area contributed by atoms with Gasteiger partial charge in [0.1, 0.15) is 22.9 Å². The van der Waals surface area contributed by atoms with Gasteiger partial charge in [-0.3, -0.25) is 4.79 Å². The Morgan fingerprint density at radius 3 is 2.20 bits per heavy atom. The predicted molar refractivity (Wildman–Crippen MR) is 94.7 cm³/mol. The van der Waals surface area contributed by atoms with Gasteiger partial charge >= 0.3 is 11.7 Å². The summed E-state index contributed by atoms with van der Waals surface area (Å²) in [6.45, 7) is 1.35. The zero-order valence-corrected chi connectivity index (χ0v) is 16.8. The molecule has 2 aromatic rings. The van der Waals surface area contributed by atoms with Crippen LogP contribution in [0.15, 0.2) is 17.0 Å². The number of anilines is 1. The molecule has 0 saturated carbocycles. The Kier molecular flexibility index (Phi) is 6.87. The van der Waals surface area contributed by atoms with Crippen LogP contribution in [0.3, 0.4) is 0 Å². The van der Waals surface area contributed by atoms with E-state index in [9.17, 15) is 35.7 Å². The van der Waals surface area contributed by atoms with Crippen molar-refractivity contribution in [3.8, 4) is 11.8 Å². The van der Waals surface area contributed by atoms with E-state index < -0.39 is 66.5 Å². The van der Waals surface area contributed by atoms with Gasteiger partial charge in [-0.05, 0) is 12.1 Å². The third-order valence-electron chi connectivity index (χ3n) is 3.48. The van der Waals surface area contributed by atoms with Crippen LogP contribution in [0.4, 0.5) is 32.2 Å². The Hall–Kier alpha value is -2.14. The molecule has 162 valence electrons. The summed E-state index contributed by atoms with van der Waals surface area (Å²) in [5.74, 6) is -1.72. The Bertz CT molecular complexity index is 1010. The van der Waals surface area contributed by atoms with Crippen LogP contribution in [0.2, 0.25) is 10.0 Å². The number of hydrogen-bond donors (Lipinski definition) is 1. The van der Waals surface area contributed by atoms with Crippen LogP contribution in [0.1, 0.15) is 24.6 Å². The molecule has 1 aromatic carbocycles. The number of benzene rings is 1. The van der Waals surface area contributed by atoms with E-state index in [1.807, 2.05) is 5.32 Å². The number of carbonyl (C=O) groups excluding carboxylic acids is 1. The van der Waals surface area contributed by atoms with Crippen molar-refractivity contribution in [1.29, 1.82) is 5.26 Å². The number of nitrogens with zero attached hydrogens (tertiary/aromatic N) is 3. The van der Waals surface area contributed by atoms with Crippen molar-refractivity contribution in [1.82, 2.24) is 9.78 Å². The topological polar surface area (TPSA) is 93.8 Å². The normalized spacial score (nSPS) is 13.1. The highest BCUT2D eigenvalue weighted by atomic mass is 35.5. The van der Waals surface area contributed by atoms with Gasteiger partial charge in [-0.15, -0.1) is 18.3 Å². The summed E-state index contributed by atoms with van der Waals surface area (Å²) in [6.07, 6.45) is -5.07. The smallest absolute Gasteiger partial charge is 0.578 e. The van der Waals surface area contributed by atoms with Gasteiger partial charge in [0.15, 0.2) is 5.82 Å². The van der Waals surface area contributed by atoms with Crippen LogP contribution < -0.4 is 5.32 Å². The third-order valence-corrected chi connectivity index (χ3v) is 5.23. The van der Waals surface area contributed by atoms with Crippen molar-refractivity contribution in [2.75, 3.05) is 5.32 Å². The Morgan fingerprint density at radius 1 is 1.27 bits per heavy atom. The summed E-state index contributed by atoms with van der Waals surface area (Å²) in [7, 11) is 0. The molecular formula is C15H8Cl2F6N4O2S. The molecule has 0 aliphatic heterocycles. The lowest BCUT2D eigenvalue weighted by molar-refractivity contribution is -0.137. The first-order valence-electron chi connectivity index (χ1n) is 7.60. The molecule has 0 aliphatic carbocycles. The Morgan fingerprint density at radius 2 is 1.80 bits per heavy atom. The van der Waals surface area contributed by atoms with Gasteiger partial charge < -0.3 is 9.87 Å². The van der Waals surface area contributed by atoms with Crippen molar-refractivity contribution in [2.24, 2.45) is 0 Å². The lowest BCUT2D eigenvalue weighted by Gasteiger charge is -2.16. The summed E-state index contributed by atoms with van der Waals surface area (Å²) in [5.41, 5.74) is -8.14. The predicted octanol–water partition coefficient (Wildman–Crippen LogP) is 5.05. The quantitative estimate of drug-likeness (QED) is 0.477. The number of carbonyl (C=O) groups is 1. The molecule has 1 unspecified atom stereocenters. The summed E-state index contributed by atoms with van der Waals surface area (Å²) in [5, 5.41) is 13.3. The second kappa shape index (κ2) is 8.54. The zero-order valence-electron chi connectivity index (χ0n) is 14.5. The number of aromatic nitrogens is 2. The molecule has 0 saturated heterocycles. The Labute approximate surface area is 177 Å². The third kappa shape index (κ3) is 4.77. The summed E-state index contributed by atoms with van der Waals surface area (Å²) < 4.78 is 90.4.